The molecule has 1 amide bonds. The maximum Gasteiger partial charge on any atom is 0.272 e. The van der Waals surface area contributed by atoms with Crippen LogP contribution >= 0.6 is 0 Å². The van der Waals surface area contributed by atoms with Gasteiger partial charge in [0.05, 0.1) is 17.4 Å². The first-order valence-electron chi connectivity index (χ1n) is 9.85. The van der Waals surface area contributed by atoms with Crippen LogP contribution in [0.1, 0.15) is 86.2 Å². The van der Waals surface area contributed by atoms with Crippen molar-refractivity contribution in [3.05, 3.63) is 29.3 Å². The van der Waals surface area contributed by atoms with E-state index in [1.54, 1.807) is 0 Å². The molecule has 2 aromatic heterocycles. The predicted molar refractivity (Wildman–Crippen MR) is 98.2 cm³/mol. The van der Waals surface area contributed by atoms with E-state index in [9.17, 15) is 4.79 Å². The zero-order chi connectivity index (χ0) is 18.3. The van der Waals surface area contributed by atoms with Crippen LogP contribution in [-0.4, -0.2) is 48.7 Å². The lowest BCUT2D eigenvalue weighted by molar-refractivity contribution is 0.0676. The molecule has 0 spiro atoms. The maximum atomic E-state index is 13.0. The molecule has 0 bridgehead atoms. The van der Waals surface area contributed by atoms with Gasteiger partial charge >= 0.3 is 0 Å². The summed E-state index contributed by atoms with van der Waals surface area (Å²) in [6.07, 6.45) is 6.46. The van der Waals surface area contributed by atoms with Crippen molar-refractivity contribution in [1.29, 1.82) is 0 Å². The van der Waals surface area contributed by atoms with Crippen molar-refractivity contribution in [2.24, 2.45) is 0 Å². The SMILES string of the molecule is CCn1nc(C(C)C)cc1C(=O)N1CCC(n2cc(C3CC3)nn2)CC1. The van der Waals surface area contributed by atoms with Crippen LogP contribution in [0.2, 0.25) is 0 Å². The molecule has 3 heterocycles. The number of carbonyl (C=O) groups is 1. The van der Waals surface area contributed by atoms with Crippen molar-refractivity contribution in [2.45, 2.75) is 70.9 Å². The van der Waals surface area contributed by atoms with Gasteiger partial charge in [-0.05, 0) is 44.6 Å². The van der Waals surface area contributed by atoms with Crippen molar-refractivity contribution < 1.29 is 4.79 Å². The third-order valence-electron chi connectivity index (χ3n) is 5.56. The number of carbonyl (C=O) groups excluding carboxylic acids is 1. The Hall–Kier alpha value is -2.18. The quantitative estimate of drug-likeness (QED) is 0.826. The predicted octanol–water partition coefficient (Wildman–Crippen LogP) is 2.97. The zero-order valence-electron chi connectivity index (χ0n) is 15.9. The van der Waals surface area contributed by atoms with Gasteiger partial charge in [0.2, 0.25) is 0 Å². The summed E-state index contributed by atoms with van der Waals surface area (Å²) in [7, 11) is 0. The Bertz CT molecular complexity index is 780. The summed E-state index contributed by atoms with van der Waals surface area (Å²) in [6.45, 7) is 8.48. The molecule has 0 radical (unpaired) electrons. The molecule has 7 heteroatoms. The summed E-state index contributed by atoms with van der Waals surface area (Å²) >= 11 is 0. The molecule has 7 nitrogen and oxygen atoms in total. The smallest absolute Gasteiger partial charge is 0.272 e. The highest BCUT2D eigenvalue weighted by Gasteiger charge is 2.30. The van der Waals surface area contributed by atoms with Crippen molar-refractivity contribution in [3.63, 3.8) is 0 Å². The zero-order valence-corrected chi connectivity index (χ0v) is 15.9. The number of amides is 1. The van der Waals surface area contributed by atoms with Crippen molar-refractivity contribution >= 4 is 5.91 Å². The maximum absolute atomic E-state index is 13.0. The van der Waals surface area contributed by atoms with Crippen molar-refractivity contribution in [2.75, 3.05) is 13.1 Å². The van der Waals surface area contributed by atoms with Gasteiger partial charge < -0.3 is 4.90 Å². The molecule has 1 aliphatic carbocycles. The number of hydrogen-bond donors (Lipinski definition) is 0. The lowest BCUT2D eigenvalue weighted by Gasteiger charge is -2.31. The van der Waals surface area contributed by atoms with Gasteiger partial charge in [0.15, 0.2) is 0 Å². The van der Waals surface area contributed by atoms with Gasteiger partial charge in [-0.3, -0.25) is 9.48 Å². The monoisotopic (exact) mass is 356 g/mol. The van der Waals surface area contributed by atoms with Gasteiger partial charge in [0.25, 0.3) is 5.91 Å². The first-order chi connectivity index (χ1) is 12.6. The molecule has 1 saturated carbocycles. The highest BCUT2D eigenvalue weighted by molar-refractivity contribution is 5.92. The third kappa shape index (κ3) is 3.27. The van der Waals surface area contributed by atoms with Gasteiger partial charge in [0, 0.05) is 31.7 Å². The lowest BCUT2D eigenvalue weighted by Crippen LogP contribution is -2.40. The largest absolute Gasteiger partial charge is 0.337 e. The van der Waals surface area contributed by atoms with E-state index in [1.807, 2.05) is 27.3 Å². The Morgan fingerprint density at radius 1 is 1.23 bits per heavy atom. The molecule has 0 unspecified atom stereocenters. The fourth-order valence-corrected chi connectivity index (χ4v) is 3.66. The molecule has 26 heavy (non-hydrogen) atoms. The molecule has 140 valence electrons. The Morgan fingerprint density at radius 3 is 2.58 bits per heavy atom. The average Bonchev–Trinajstić information content (AvgIpc) is 3.22. The van der Waals surface area contributed by atoms with E-state index in [1.165, 1.54) is 12.8 Å². The number of aromatic nitrogens is 5. The van der Waals surface area contributed by atoms with Gasteiger partial charge in [-0.25, -0.2) is 4.68 Å². The van der Waals surface area contributed by atoms with Gasteiger partial charge in [-0.1, -0.05) is 19.1 Å². The summed E-state index contributed by atoms with van der Waals surface area (Å²) in [4.78, 5) is 15.0. The summed E-state index contributed by atoms with van der Waals surface area (Å²) < 4.78 is 3.85. The fraction of sp³-hybridized carbons (Fsp3) is 0.684. The minimum atomic E-state index is 0.0990. The highest BCUT2D eigenvalue weighted by Crippen LogP contribution is 2.39. The molecular weight excluding hydrogens is 328 g/mol. The Kier molecular flexibility index (Phi) is 4.54. The Balaban J connectivity index is 1.41. The summed E-state index contributed by atoms with van der Waals surface area (Å²) in [5, 5.41) is 13.2. The van der Waals surface area contributed by atoms with E-state index < -0.39 is 0 Å². The van der Waals surface area contributed by atoms with E-state index >= 15 is 0 Å². The second kappa shape index (κ2) is 6.85. The molecular formula is C19H28N6O. The van der Waals surface area contributed by atoms with Gasteiger partial charge in [0.1, 0.15) is 5.69 Å². The number of nitrogens with zero attached hydrogens (tertiary/aromatic N) is 6. The van der Waals surface area contributed by atoms with E-state index in [0.717, 1.165) is 37.3 Å². The van der Waals surface area contributed by atoms with Gasteiger partial charge in [-0.15, -0.1) is 5.10 Å². The Morgan fingerprint density at radius 2 is 1.96 bits per heavy atom. The summed E-state index contributed by atoms with van der Waals surface area (Å²) in [5.41, 5.74) is 2.84. The van der Waals surface area contributed by atoms with Gasteiger partial charge in [-0.2, -0.15) is 5.10 Å². The minimum absolute atomic E-state index is 0.0990. The molecule has 0 aromatic carbocycles. The molecule has 4 rings (SSSR count). The summed E-state index contributed by atoms with van der Waals surface area (Å²) in [5.74, 6) is 1.06. The van der Waals surface area contributed by atoms with Crippen LogP contribution in [0.5, 0.6) is 0 Å². The molecule has 1 aliphatic heterocycles. The molecule has 0 atom stereocenters. The average molecular weight is 356 g/mol. The van der Waals surface area contributed by atoms with Crippen LogP contribution in [0.25, 0.3) is 0 Å². The fourth-order valence-electron chi connectivity index (χ4n) is 3.66. The topological polar surface area (TPSA) is 68.8 Å². The van der Waals surface area contributed by atoms with Crippen LogP contribution in [0, 0.1) is 0 Å². The van der Waals surface area contributed by atoms with Crippen molar-refractivity contribution in [1.82, 2.24) is 29.7 Å². The molecule has 0 N–H and O–H groups in total. The van der Waals surface area contributed by atoms with Crippen LogP contribution in [-0.2, 0) is 6.54 Å². The van der Waals surface area contributed by atoms with E-state index in [0.29, 0.717) is 30.1 Å². The summed E-state index contributed by atoms with van der Waals surface area (Å²) in [6, 6.07) is 2.31. The Labute approximate surface area is 154 Å². The first-order valence-corrected chi connectivity index (χ1v) is 9.85. The van der Waals surface area contributed by atoms with Crippen molar-refractivity contribution in [3.8, 4) is 0 Å². The molecule has 2 aromatic rings. The third-order valence-corrected chi connectivity index (χ3v) is 5.56. The molecule has 1 saturated heterocycles. The normalized spacial score (nSPS) is 18.7. The highest BCUT2D eigenvalue weighted by atomic mass is 16.2. The number of hydrogen-bond acceptors (Lipinski definition) is 4. The second-order valence-corrected chi connectivity index (χ2v) is 7.85. The molecule has 2 fully saturated rings. The number of piperidine rings is 1. The number of rotatable bonds is 5. The van der Waals surface area contributed by atoms with Crippen LogP contribution in [0.3, 0.4) is 0 Å². The second-order valence-electron chi connectivity index (χ2n) is 7.85. The van der Waals surface area contributed by atoms with E-state index in [4.69, 9.17) is 0 Å². The number of likely N-dealkylation sites (tertiary alicyclic amines) is 1. The van der Waals surface area contributed by atoms with Crippen LogP contribution in [0.15, 0.2) is 12.3 Å². The molecule has 2 aliphatic rings. The van der Waals surface area contributed by atoms with E-state index in [-0.39, 0.29) is 5.91 Å². The first kappa shape index (κ1) is 17.2. The lowest BCUT2D eigenvalue weighted by atomic mass is 10.0. The number of aryl methyl sites for hydroxylation is 1. The standard InChI is InChI=1S/C19H28N6O/c1-4-24-18(11-16(21-24)13(2)3)19(26)23-9-7-15(8-10-23)25-12-17(20-22-25)14-5-6-14/h11-15H,4-10H2,1-3H3. The van der Waals surface area contributed by atoms with Crippen LogP contribution < -0.4 is 0 Å². The minimum Gasteiger partial charge on any atom is -0.337 e. The van der Waals surface area contributed by atoms with Crippen LogP contribution in [0.4, 0.5) is 0 Å². The van der Waals surface area contributed by atoms with E-state index in [2.05, 4.69) is 35.5 Å².